The van der Waals surface area contributed by atoms with Crippen molar-refractivity contribution in [1.82, 2.24) is 20.6 Å². The van der Waals surface area contributed by atoms with Crippen LogP contribution < -0.4 is 10.8 Å². The first-order valence-corrected chi connectivity index (χ1v) is 13.2. The van der Waals surface area contributed by atoms with Crippen molar-refractivity contribution in [2.75, 3.05) is 38.5 Å². The minimum Gasteiger partial charge on any atom is -0.342 e. The third-order valence-electron chi connectivity index (χ3n) is 7.03. The summed E-state index contributed by atoms with van der Waals surface area (Å²) in [6.45, 7) is 2.79. The molecule has 4 rings (SSSR count). The summed E-state index contributed by atoms with van der Waals surface area (Å²) in [5.74, 6) is -0.483. The van der Waals surface area contributed by atoms with Crippen molar-refractivity contribution in [1.29, 1.82) is 5.26 Å². The first-order chi connectivity index (χ1) is 16.4. The van der Waals surface area contributed by atoms with E-state index < -0.39 is 26.5 Å². The van der Waals surface area contributed by atoms with Crippen LogP contribution in [0.3, 0.4) is 0 Å². The number of carbonyl (C=O) groups is 1. The van der Waals surface area contributed by atoms with E-state index >= 15 is 0 Å². The Morgan fingerprint density at radius 2 is 1.88 bits per heavy atom. The zero-order valence-corrected chi connectivity index (χ0v) is 19.8. The maximum absolute atomic E-state index is 13.5. The molecule has 3 aliphatic heterocycles. The van der Waals surface area contributed by atoms with Crippen LogP contribution in [0.1, 0.15) is 31.2 Å². The summed E-state index contributed by atoms with van der Waals surface area (Å²) in [7, 11) is -3.73. The van der Waals surface area contributed by atoms with Gasteiger partial charge in [0.2, 0.25) is 12.2 Å². The van der Waals surface area contributed by atoms with Crippen LogP contribution in [0.5, 0.6) is 0 Å². The fourth-order valence-electron chi connectivity index (χ4n) is 4.89. The predicted octanol–water partition coefficient (Wildman–Crippen LogP) is 0.935. The van der Waals surface area contributed by atoms with Crippen molar-refractivity contribution >= 4 is 27.3 Å². The van der Waals surface area contributed by atoms with Crippen LogP contribution in [-0.4, -0.2) is 79.1 Å². The molecule has 1 aromatic carbocycles. The van der Waals surface area contributed by atoms with Crippen molar-refractivity contribution < 1.29 is 18.4 Å². The van der Waals surface area contributed by atoms with E-state index in [1.165, 1.54) is 0 Å². The van der Waals surface area contributed by atoms with E-state index in [0.717, 1.165) is 30.6 Å². The normalized spacial score (nSPS) is 22.9. The van der Waals surface area contributed by atoms with Crippen molar-refractivity contribution in [2.24, 2.45) is 10.4 Å². The fourth-order valence-corrected chi connectivity index (χ4v) is 7.06. The number of nitrogens with one attached hydrogen (secondary N) is 2. The van der Waals surface area contributed by atoms with Crippen LogP contribution in [-0.2, 0) is 14.6 Å². The zero-order chi connectivity index (χ0) is 24.2. The van der Waals surface area contributed by atoms with E-state index in [4.69, 9.17) is 5.26 Å². The minimum absolute atomic E-state index is 0.227. The zero-order valence-electron chi connectivity index (χ0n) is 19.0. The third kappa shape index (κ3) is 4.94. The highest BCUT2D eigenvalue weighted by atomic mass is 32.2. The Kier molecular flexibility index (Phi) is 7.21. The molecular weight excluding hydrogens is 456 g/mol. The highest BCUT2D eigenvalue weighted by Gasteiger charge is 2.47. The van der Waals surface area contributed by atoms with Gasteiger partial charge >= 0.3 is 0 Å². The highest BCUT2D eigenvalue weighted by molar-refractivity contribution is 7.92. The fraction of sp³-hybridized carbons (Fsp3) is 0.522. The second-order valence-electron chi connectivity index (χ2n) is 9.06. The number of benzene rings is 1. The van der Waals surface area contributed by atoms with Gasteiger partial charge in [-0.15, -0.1) is 4.99 Å². The molecule has 3 aliphatic rings. The summed E-state index contributed by atoms with van der Waals surface area (Å²) >= 11 is 0. The lowest BCUT2D eigenvalue weighted by Gasteiger charge is -2.45. The molecule has 1 amide bonds. The van der Waals surface area contributed by atoms with E-state index in [-0.39, 0.29) is 18.6 Å². The summed E-state index contributed by atoms with van der Waals surface area (Å²) in [6, 6.07) is 9.66. The van der Waals surface area contributed by atoms with Gasteiger partial charge in [-0.2, -0.15) is 5.26 Å². The molecule has 182 valence electrons. The molecule has 11 heteroatoms. The average molecular weight is 487 g/mol. The first kappa shape index (κ1) is 24.2. The summed E-state index contributed by atoms with van der Waals surface area (Å²) in [5, 5.41) is 20.8. The molecule has 0 aliphatic carbocycles. The molecule has 0 saturated carbocycles. The molecule has 0 aromatic heterocycles. The van der Waals surface area contributed by atoms with Crippen LogP contribution in [0, 0.1) is 16.9 Å². The van der Waals surface area contributed by atoms with Crippen molar-refractivity contribution in [3.8, 4) is 6.19 Å². The number of hydroxylamine groups is 1. The number of nitriles is 1. The molecular formula is C23H30N6O4S. The standard InChI is InChI=1S/C23H30N6O4S/c24-17-26-22(28-11-4-12-28)29-13-8-23(9-14-29,21(30)27-31)16-34(32,33)20-15-19(7-10-25-20)18-5-2-1-3-6-18/h1-3,5-7,20,25,31H,4,8-16H2,(H,27,30). The molecule has 3 heterocycles. The van der Waals surface area contributed by atoms with Gasteiger partial charge in [-0.25, -0.2) is 13.9 Å². The Bertz CT molecular complexity index is 1100. The molecule has 1 aromatic rings. The number of nitrogens with zero attached hydrogens (tertiary/aromatic N) is 4. The summed E-state index contributed by atoms with van der Waals surface area (Å²) in [6.07, 6.45) is 5.62. The van der Waals surface area contributed by atoms with Crippen LogP contribution in [0.25, 0.3) is 5.57 Å². The Labute approximate surface area is 199 Å². The summed E-state index contributed by atoms with van der Waals surface area (Å²) in [5.41, 5.74) is 2.38. The van der Waals surface area contributed by atoms with E-state index in [1.54, 1.807) is 5.48 Å². The maximum Gasteiger partial charge on any atom is 0.250 e. The van der Waals surface area contributed by atoms with Gasteiger partial charge in [0.25, 0.3) is 5.91 Å². The predicted molar refractivity (Wildman–Crippen MR) is 127 cm³/mol. The van der Waals surface area contributed by atoms with Crippen molar-refractivity contribution in [2.45, 2.75) is 31.1 Å². The SMILES string of the molecule is N#CN=C(N1CCC1)N1CCC(CS(=O)(=O)C2CC(c3ccccc3)=CCN2)(C(=O)NO)CC1. The van der Waals surface area contributed by atoms with E-state index in [2.05, 4.69) is 10.3 Å². The van der Waals surface area contributed by atoms with Crippen LogP contribution in [0.2, 0.25) is 0 Å². The van der Waals surface area contributed by atoms with Crippen LogP contribution in [0.15, 0.2) is 41.4 Å². The number of rotatable bonds is 5. The minimum atomic E-state index is -3.73. The molecule has 2 saturated heterocycles. The number of aliphatic imine (C=N–C) groups is 1. The van der Waals surface area contributed by atoms with Crippen molar-refractivity contribution in [3.63, 3.8) is 0 Å². The number of hydrogen-bond donors (Lipinski definition) is 3. The molecule has 3 N–H and O–H groups in total. The van der Waals surface area contributed by atoms with Gasteiger partial charge in [0.05, 0.1) is 11.2 Å². The Morgan fingerprint density at radius 1 is 1.21 bits per heavy atom. The molecule has 1 unspecified atom stereocenters. The molecule has 0 bridgehead atoms. The number of likely N-dealkylation sites (tertiary alicyclic amines) is 2. The number of carbonyl (C=O) groups excluding carboxylic acids is 1. The van der Waals surface area contributed by atoms with E-state index in [9.17, 15) is 18.4 Å². The first-order valence-electron chi connectivity index (χ1n) is 11.5. The highest BCUT2D eigenvalue weighted by Crippen LogP contribution is 2.36. The molecule has 1 atom stereocenters. The number of sulfone groups is 1. The molecule has 34 heavy (non-hydrogen) atoms. The number of hydrogen-bond acceptors (Lipinski definition) is 7. The monoisotopic (exact) mass is 486 g/mol. The number of piperidine rings is 1. The Morgan fingerprint density at radius 3 is 2.47 bits per heavy atom. The Balaban J connectivity index is 1.49. The topological polar surface area (TPSA) is 138 Å². The van der Waals surface area contributed by atoms with E-state index in [1.807, 2.05) is 52.4 Å². The summed E-state index contributed by atoms with van der Waals surface area (Å²) in [4.78, 5) is 20.7. The second-order valence-corrected chi connectivity index (χ2v) is 11.2. The lowest BCUT2D eigenvalue weighted by atomic mass is 9.79. The van der Waals surface area contributed by atoms with Gasteiger partial charge in [0, 0.05) is 39.1 Å². The molecule has 10 nitrogen and oxygen atoms in total. The average Bonchev–Trinajstić information content (AvgIpc) is 2.83. The quantitative estimate of drug-likeness (QED) is 0.184. The van der Waals surface area contributed by atoms with Gasteiger partial charge in [-0.1, -0.05) is 36.4 Å². The summed E-state index contributed by atoms with van der Waals surface area (Å²) < 4.78 is 27.0. The lowest BCUT2D eigenvalue weighted by Crippen LogP contribution is -2.58. The van der Waals surface area contributed by atoms with E-state index in [0.29, 0.717) is 32.0 Å². The van der Waals surface area contributed by atoms with Gasteiger partial charge in [0.1, 0.15) is 5.37 Å². The molecule has 0 spiro atoms. The van der Waals surface area contributed by atoms with Crippen LogP contribution in [0.4, 0.5) is 0 Å². The van der Waals surface area contributed by atoms with Crippen LogP contribution >= 0.6 is 0 Å². The van der Waals surface area contributed by atoms with Gasteiger partial charge in [-0.05, 0) is 30.4 Å². The molecule has 2 fully saturated rings. The van der Waals surface area contributed by atoms with Gasteiger partial charge in [0.15, 0.2) is 9.84 Å². The second kappa shape index (κ2) is 10.1. The number of amides is 1. The Hall–Kier alpha value is -2.94. The smallest absolute Gasteiger partial charge is 0.250 e. The third-order valence-corrected chi connectivity index (χ3v) is 9.19. The lowest BCUT2D eigenvalue weighted by molar-refractivity contribution is -0.140. The number of guanidine groups is 1. The van der Waals surface area contributed by atoms with Crippen molar-refractivity contribution in [3.05, 3.63) is 42.0 Å². The van der Waals surface area contributed by atoms with Gasteiger partial charge in [-0.3, -0.25) is 15.3 Å². The van der Waals surface area contributed by atoms with Gasteiger partial charge < -0.3 is 9.80 Å². The maximum atomic E-state index is 13.5. The largest absolute Gasteiger partial charge is 0.342 e. The molecule has 0 radical (unpaired) electrons.